The van der Waals surface area contributed by atoms with Gasteiger partial charge in [-0.25, -0.2) is 12.8 Å². The minimum absolute atomic E-state index is 0.133. The molecule has 29 heavy (non-hydrogen) atoms. The van der Waals surface area contributed by atoms with Crippen LogP contribution in [0.15, 0.2) is 41.4 Å². The Morgan fingerprint density at radius 2 is 1.66 bits per heavy atom. The second kappa shape index (κ2) is 9.73. The maximum atomic E-state index is 13.7. The zero-order chi connectivity index (χ0) is 21.6. The molecule has 2 aromatic rings. The van der Waals surface area contributed by atoms with Crippen LogP contribution in [0.1, 0.15) is 22.3 Å². The Kier molecular flexibility index (Phi) is 7.61. The van der Waals surface area contributed by atoms with E-state index in [0.717, 1.165) is 17.5 Å². The molecule has 0 aromatic heterocycles. The quantitative estimate of drug-likeness (QED) is 0.532. The lowest BCUT2D eigenvalue weighted by molar-refractivity contribution is 0.599. The molecule has 2 N–H and O–H groups in total. The van der Waals surface area contributed by atoms with E-state index in [2.05, 4.69) is 45.6 Å². The highest BCUT2D eigenvalue weighted by Gasteiger charge is 2.12. The van der Waals surface area contributed by atoms with Crippen molar-refractivity contribution < 1.29 is 12.8 Å². The van der Waals surface area contributed by atoms with Gasteiger partial charge in [0.05, 0.1) is 5.75 Å². The molecule has 6 nitrogen and oxygen atoms in total. The molecule has 0 saturated carbocycles. The Morgan fingerprint density at radius 3 is 2.24 bits per heavy atom. The summed E-state index contributed by atoms with van der Waals surface area (Å²) < 4.78 is 37.0. The van der Waals surface area contributed by atoms with Gasteiger partial charge in [-0.1, -0.05) is 18.2 Å². The van der Waals surface area contributed by atoms with Crippen molar-refractivity contribution in [1.82, 2.24) is 10.6 Å². The number of aryl methyl sites for hydroxylation is 1. The second-order valence-corrected chi connectivity index (χ2v) is 9.43. The normalized spacial score (nSPS) is 12.0. The maximum Gasteiger partial charge on any atom is 0.191 e. The van der Waals surface area contributed by atoms with Crippen molar-refractivity contribution >= 4 is 21.5 Å². The van der Waals surface area contributed by atoms with Crippen molar-refractivity contribution in [1.29, 1.82) is 0 Å². The van der Waals surface area contributed by atoms with Crippen molar-refractivity contribution in [2.24, 2.45) is 4.99 Å². The van der Waals surface area contributed by atoms with Gasteiger partial charge >= 0.3 is 0 Å². The molecule has 0 aliphatic carbocycles. The summed E-state index contributed by atoms with van der Waals surface area (Å²) in [5.41, 5.74) is 4.58. The Balaban J connectivity index is 2.08. The number of nitrogens with one attached hydrogen (secondary N) is 2. The van der Waals surface area contributed by atoms with E-state index in [1.165, 1.54) is 23.8 Å². The molecule has 2 aromatic carbocycles. The Morgan fingerprint density at radius 1 is 1.03 bits per heavy atom. The van der Waals surface area contributed by atoms with Crippen LogP contribution < -0.4 is 15.5 Å². The Hall–Kier alpha value is -2.61. The third-order valence-electron chi connectivity index (χ3n) is 4.42. The van der Waals surface area contributed by atoms with E-state index in [0.29, 0.717) is 23.6 Å². The molecule has 8 heteroatoms. The van der Waals surface area contributed by atoms with Gasteiger partial charge in [-0.15, -0.1) is 0 Å². The molecule has 2 rings (SSSR count). The number of aliphatic imine (C=N–C) groups is 1. The van der Waals surface area contributed by atoms with E-state index < -0.39 is 15.7 Å². The van der Waals surface area contributed by atoms with E-state index in [1.54, 1.807) is 7.05 Å². The molecule has 0 heterocycles. The molecule has 0 radical (unpaired) electrons. The van der Waals surface area contributed by atoms with Gasteiger partial charge in [0.1, 0.15) is 5.82 Å². The topological polar surface area (TPSA) is 73.8 Å². The number of hydrogen-bond donors (Lipinski definition) is 2. The van der Waals surface area contributed by atoms with E-state index in [1.807, 2.05) is 14.1 Å². The summed E-state index contributed by atoms with van der Waals surface area (Å²) in [4.78, 5) is 6.27. The van der Waals surface area contributed by atoms with E-state index in [4.69, 9.17) is 0 Å². The summed E-state index contributed by atoms with van der Waals surface area (Å²) in [5, 5.41) is 6.39. The summed E-state index contributed by atoms with van der Waals surface area (Å²) in [6.45, 7) is 2.88. The molecule has 0 aliphatic heterocycles. The first-order valence-electron chi connectivity index (χ1n) is 9.25. The average molecular weight is 421 g/mol. The molecule has 0 fully saturated rings. The lowest BCUT2D eigenvalue weighted by atomic mass is 10.1. The lowest BCUT2D eigenvalue weighted by Crippen LogP contribution is -2.36. The number of guanidine groups is 1. The number of halogens is 1. The molecule has 0 saturated heterocycles. The van der Waals surface area contributed by atoms with Gasteiger partial charge in [-0.2, -0.15) is 0 Å². The molecule has 158 valence electrons. The minimum atomic E-state index is -3.22. The van der Waals surface area contributed by atoms with E-state index >= 15 is 0 Å². The molecular weight excluding hydrogens is 391 g/mol. The van der Waals surface area contributed by atoms with Gasteiger partial charge in [0.25, 0.3) is 0 Å². The third-order valence-corrected chi connectivity index (χ3v) is 5.26. The zero-order valence-electron chi connectivity index (χ0n) is 17.6. The van der Waals surface area contributed by atoms with Crippen LogP contribution in [-0.4, -0.2) is 41.8 Å². The van der Waals surface area contributed by atoms with Crippen LogP contribution in [0, 0.1) is 12.7 Å². The number of benzene rings is 2. The summed E-state index contributed by atoms with van der Waals surface area (Å²) in [6, 6.07) is 10.4. The smallest absolute Gasteiger partial charge is 0.191 e. The fourth-order valence-corrected chi connectivity index (χ4v) is 3.85. The van der Waals surface area contributed by atoms with Gasteiger partial charge in [-0.3, -0.25) is 4.99 Å². The monoisotopic (exact) mass is 420 g/mol. The van der Waals surface area contributed by atoms with Gasteiger partial charge < -0.3 is 15.5 Å². The van der Waals surface area contributed by atoms with Crippen LogP contribution in [0.25, 0.3) is 0 Å². The first-order valence-corrected chi connectivity index (χ1v) is 11.3. The molecule has 0 amide bonds. The highest BCUT2D eigenvalue weighted by atomic mass is 32.2. The molecule has 0 atom stereocenters. The van der Waals surface area contributed by atoms with Crippen LogP contribution >= 0.6 is 0 Å². The highest BCUT2D eigenvalue weighted by Crippen LogP contribution is 2.20. The third kappa shape index (κ3) is 7.05. The van der Waals surface area contributed by atoms with Crippen LogP contribution in [0.4, 0.5) is 10.1 Å². The SMILES string of the molecule is CN=C(NCc1cc(F)ccc1CS(C)(=O)=O)NCc1ccc(C)cc1N(C)C. The number of hydrogen-bond acceptors (Lipinski definition) is 4. The molecule has 0 unspecified atom stereocenters. The first-order chi connectivity index (χ1) is 13.6. The number of nitrogens with zero attached hydrogens (tertiary/aromatic N) is 2. The minimum Gasteiger partial charge on any atom is -0.377 e. The van der Waals surface area contributed by atoms with Crippen molar-refractivity contribution in [3.63, 3.8) is 0 Å². The first kappa shape index (κ1) is 22.7. The van der Waals surface area contributed by atoms with Crippen molar-refractivity contribution in [3.8, 4) is 0 Å². The summed E-state index contributed by atoms with van der Waals surface area (Å²) in [5.74, 6) is 0.00781. The summed E-state index contributed by atoms with van der Waals surface area (Å²) >= 11 is 0. The highest BCUT2D eigenvalue weighted by molar-refractivity contribution is 7.89. The van der Waals surface area contributed by atoms with E-state index in [9.17, 15) is 12.8 Å². The van der Waals surface area contributed by atoms with Crippen LogP contribution in [0.3, 0.4) is 0 Å². The zero-order valence-corrected chi connectivity index (χ0v) is 18.4. The van der Waals surface area contributed by atoms with Crippen molar-refractivity contribution in [2.45, 2.75) is 25.8 Å². The fraction of sp³-hybridized carbons (Fsp3) is 0.381. The van der Waals surface area contributed by atoms with Gasteiger partial charge in [0.2, 0.25) is 0 Å². The number of sulfone groups is 1. The lowest BCUT2D eigenvalue weighted by Gasteiger charge is -2.20. The van der Waals surface area contributed by atoms with Gasteiger partial charge in [-0.05, 0) is 47.4 Å². The summed E-state index contributed by atoms with van der Waals surface area (Å²) in [7, 11) is 2.43. The van der Waals surface area contributed by atoms with Gasteiger partial charge in [0, 0.05) is 46.2 Å². The summed E-state index contributed by atoms with van der Waals surface area (Å²) in [6.07, 6.45) is 1.16. The van der Waals surface area contributed by atoms with Crippen molar-refractivity contribution in [3.05, 3.63) is 64.5 Å². The Labute approximate surface area is 172 Å². The van der Waals surface area contributed by atoms with Crippen LogP contribution in [-0.2, 0) is 28.7 Å². The average Bonchev–Trinajstić information content (AvgIpc) is 2.63. The second-order valence-electron chi connectivity index (χ2n) is 7.29. The number of anilines is 1. The molecule has 0 bridgehead atoms. The molecule has 0 spiro atoms. The van der Waals surface area contributed by atoms with Gasteiger partial charge in [0.15, 0.2) is 15.8 Å². The van der Waals surface area contributed by atoms with Crippen LogP contribution in [0.5, 0.6) is 0 Å². The van der Waals surface area contributed by atoms with E-state index in [-0.39, 0.29) is 12.3 Å². The predicted molar refractivity (Wildman–Crippen MR) is 117 cm³/mol. The maximum absolute atomic E-state index is 13.7. The van der Waals surface area contributed by atoms with Crippen molar-refractivity contribution in [2.75, 3.05) is 32.3 Å². The van der Waals surface area contributed by atoms with Crippen LogP contribution in [0.2, 0.25) is 0 Å². The number of rotatable bonds is 7. The molecule has 0 aliphatic rings. The largest absolute Gasteiger partial charge is 0.377 e. The standard InChI is InChI=1S/C21H29FN4O2S/c1-15-6-7-16(20(10-15)26(3)4)12-24-21(23-2)25-13-18-11-19(22)9-8-17(18)14-29(5,27)28/h6-11H,12-14H2,1-5H3,(H2,23,24,25). The Bertz CT molecular complexity index is 988. The molecular formula is C21H29FN4O2S. The predicted octanol–water partition coefficient (Wildman–Crippen LogP) is 2.61. The fourth-order valence-electron chi connectivity index (χ4n) is 3.00.